The summed E-state index contributed by atoms with van der Waals surface area (Å²) in [5.41, 5.74) is 3.00. The number of aromatic nitrogens is 3. The predicted molar refractivity (Wildman–Crippen MR) is 155 cm³/mol. The molecule has 8 heteroatoms. The molecule has 40 heavy (non-hydrogen) atoms. The highest BCUT2D eigenvalue weighted by atomic mass is 15.1. The maximum absolute atomic E-state index is 5.17. The molecule has 3 atom stereocenters. The fraction of sp³-hybridized carbons (Fsp3) is 0.0938. The lowest BCUT2D eigenvalue weighted by molar-refractivity contribution is 0.503. The second-order valence-electron chi connectivity index (χ2n) is 10.3. The van der Waals surface area contributed by atoms with E-state index in [9.17, 15) is 0 Å². The van der Waals surface area contributed by atoms with Gasteiger partial charge in [-0.2, -0.15) is 0 Å². The highest BCUT2D eigenvalue weighted by Crippen LogP contribution is 2.35. The minimum absolute atomic E-state index is 0.0387. The Labute approximate surface area is 226 Å². The van der Waals surface area contributed by atoms with Gasteiger partial charge in [-0.1, -0.05) is 97.1 Å². The molecule has 0 radical (unpaired) electrons. The number of benzene rings is 3. The first kappa shape index (κ1) is 21.6. The number of fused-ring (bicyclic) bond motifs is 19. The quantitative estimate of drug-likeness (QED) is 0.265. The maximum atomic E-state index is 5.17. The molecule has 3 aromatic carbocycles. The Bertz CT molecular complexity index is 2360. The lowest BCUT2D eigenvalue weighted by atomic mass is 9.88. The van der Waals surface area contributed by atoms with Crippen LogP contribution in [0.4, 0.5) is 11.6 Å². The summed E-state index contributed by atoms with van der Waals surface area (Å²) in [6, 6.07) is 24.6. The van der Waals surface area contributed by atoms with Gasteiger partial charge in [0.05, 0.1) is 0 Å². The molecule has 6 aromatic rings. The fourth-order valence-corrected chi connectivity index (χ4v) is 6.14. The maximum Gasteiger partial charge on any atom is 0.151 e. The number of nitrogens with zero attached hydrogens (tertiary/aromatic N) is 5. The smallest absolute Gasteiger partial charge is 0.151 e. The number of amidine groups is 1. The summed E-state index contributed by atoms with van der Waals surface area (Å²) in [6.45, 7) is 0. The fourth-order valence-electron chi connectivity index (χ4n) is 6.14. The van der Waals surface area contributed by atoms with Crippen LogP contribution >= 0.6 is 0 Å². The van der Waals surface area contributed by atoms with Crippen molar-refractivity contribution in [1.29, 1.82) is 0 Å². The van der Waals surface area contributed by atoms with Gasteiger partial charge in [0, 0.05) is 44.2 Å². The molecule has 0 saturated heterocycles. The zero-order chi connectivity index (χ0) is 26.2. The number of aromatic amines is 3. The van der Waals surface area contributed by atoms with Gasteiger partial charge in [-0.3, -0.25) is 0 Å². The molecule has 3 aliphatic rings. The van der Waals surface area contributed by atoms with Gasteiger partial charge in [0.25, 0.3) is 0 Å². The first-order chi connectivity index (χ1) is 19.8. The molecule has 0 spiro atoms. The van der Waals surface area contributed by atoms with Crippen LogP contribution in [0.25, 0.3) is 32.3 Å². The summed E-state index contributed by atoms with van der Waals surface area (Å²) in [4.78, 5) is 36.0. The van der Waals surface area contributed by atoms with Gasteiger partial charge in [0.1, 0.15) is 39.4 Å². The van der Waals surface area contributed by atoms with Gasteiger partial charge in [0.2, 0.25) is 0 Å². The number of rotatable bonds is 0. The van der Waals surface area contributed by atoms with Gasteiger partial charge < -0.3 is 15.0 Å². The molecule has 0 saturated carbocycles. The molecule has 0 amide bonds. The lowest BCUT2D eigenvalue weighted by Crippen LogP contribution is -2.23. The van der Waals surface area contributed by atoms with Crippen molar-refractivity contribution in [2.24, 2.45) is 36.8 Å². The lowest BCUT2D eigenvalue weighted by Gasteiger charge is -2.17. The van der Waals surface area contributed by atoms with Crippen molar-refractivity contribution in [2.45, 2.75) is 6.17 Å². The molecule has 0 fully saturated rings. The van der Waals surface area contributed by atoms with E-state index in [1.54, 1.807) is 0 Å². The molecule has 2 aliphatic heterocycles. The van der Waals surface area contributed by atoms with Crippen LogP contribution in [0.15, 0.2) is 122 Å². The highest BCUT2D eigenvalue weighted by molar-refractivity contribution is 6.00. The Morgan fingerprint density at radius 2 is 0.975 bits per heavy atom. The van der Waals surface area contributed by atoms with Gasteiger partial charge in [-0.15, -0.1) is 0 Å². The van der Waals surface area contributed by atoms with Crippen molar-refractivity contribution in [3.8, 4) is 0 Å². The monoisotopic (exact) mass is 518 g/mol. The largest absolute Gasteiger partial charge is 0.324 e. The average molecular weight is 519 g/mol. The Kier molecular flexibility index (Phi) is 4.35. The van der Waals surface area contributed by atoms with Crippen LogP contribution in [-0.4, -0.2) is 27.0 Å². The van der Waals surface area contributed by atoms with E-state index >= 15 is 0 Å². The minimum atomic E-state index is -0.309. The summed E-state index contributed by atoms with van der Waals surface area (Å²) >= 11 is 0. The van der Waals surface area contributed by atoms with Crippen LogP contribution < -0.4 is 22.0 Å². The van der Waals surface area contributed by atoms with Crippen molar-refractivity contribution >= 4 is 49.8 Å². The highest BCUT2D eigenvalue weighted by Gasteiger charge is 2.37. The SMILES string of the molecule is C1=CC2C3=NC(N=c4[nH]/c(c5ccccc45)=N\c4[nH]c(c5ccccc45)/N=c4\[nH]c(c5ccccc45)=N3)C2C=C1. The molecular weight excluding hydrogens is 496 g/mol. The zero-order valence-corrected chi connectivity index (χ0v) is 21.2. The number of H-pyrrole nitrogens is 3. The van der Waals surface area contributed by atoms with Gasteiger partial charge in [0.15, 0.2) is 6.17 Å². The second-order valence-corrected chi connectivity index (χ2v) is 10.3. The van der Waals surface area contributed by atoms with Gasteiger partial charge in [-0.05, 0) is 0 Å². The van der Waals surface area contributed by atoms with Crippen molar-refractivity contribution < 1.29 is 0 Å². The molecule has 8 bridgehead atoms. The molecule has 3 aromatic heterocycles. The summed E-state index contributed by atoms with van der Waals surface area (Å²) < 4.78 is 0. The predicted octanol–water partition coefficient (Wildman–Crippen LogP) is 4.38. The number of hydrogen-bond acceptors (Lipinski definition) is 5. The van der Waals surface area contributed by atoms with E-state index in [1.165, 1.54) is 0 Å². The molecule has 3 N–H and O–H groups in total. The van der Waals surface area contributed by atoms with Crippen molar-refractivity contribution in [3.63, 3.8) is 0 Å². The van der Waals surface area contributed by atoms with E-state index in [1.807, 2.05) is 36.4 Å². The van der Waals surface area contributed by atoms with Crippen LogP contribution in [0.2, 0.25) is 0 Å². The Morgan fingerprint density at radius 1 is 0.475 bits per heavy atom. The molecule has 1 aliphatic carbocycles. The number of hydrogen-bond donors (Lipinski definition) is 3. The summed E-state index contributed by atoms with van der Waals surface area (Å²) in [6.07, 6.45) is 8.20. The zero-order valence-electron chi connectivity index (χ0n) is 21.2. The molecule has 5 heterocycles. The van der Waals surface area contributed by atoms with E-state index < -0.39 is 0 Å². The molecule has 9 rings (SSSR count). The Morgan fingerprint density at radius 3 is 1.60 bits per heavy atom. The van der Waals surface area contributed by atoms with E-state index in [2.05, 4.69) is 75.7 Å². The summed E-state index contributed by atoms with van der Waals surface area (Å²) in [7, 11) is 0. The third-order valence-electron chi connectivity index (χ3n) is 8.04. The van der Waals surface area contributed by atoms with Crippen molar-refractivity contribution in [3.05, 3.63) is 119 Å². The molecule has 8 nitrogen and oxygen atoms in total. The molecular formula is C32H22N8. The van der Waals surface area contributed by atoms with Crippen LogP contribution in [-0.2, 0) is 0 Å². The number of nitrogens with one attached hydrogen (secondary N) is 3. The topological polar surface area (TPSA) is 109 Å². The van der Waals surface area contributed by atoms with Crippen molar-refractivity contribution in [1.82, 2.24) is 15.0 Å². The third-order valence-corrected chi connectivity index (χ3v) is 8.04. The summed E-state index contributed by atoms with van der Waals surface area (Å²) in [5.74, 6) is 2.36. The van der Waals surface area contributed by atoms with E-state index in [0.29, 0.717) is 0 Å². The molecule has 3 unspecified atom stereocenters. The second kappa shape index (κ2) is 8.07. The number of aliphatic imine (C=N–C) groups is 1. The van der Waals surface area contributed by atoms with E-state index in [4.69, 9.17) is 25.0 Å². The van der Waals surface area contributed by atoms with Gasteiger partial charge in [-0.25, -0.2) is 25.0 Å². The normalized spacial score (nSPS) is 22.7. The van der Waals surface area contributed by atoms with Crippen LogP contribution in [0.1, 0.15) is 0 Å². The van der Waals surface area contributed by atoms with Crippen molar-refractivity contribution in [2.75, 3.05) is 0 Å². The first-order valence-corrected chi connectivity index (χ1v) is 13.4. The number of allylic oxidation sites excluding steroid dienone is 2. The first-order valence-electron chi connectivity index (χ1n) is 13.4. The standard InChI is InChI=1S/C32H22N8/c1-2-10-18-17(9-1)25-33-26(18)38-28-21-13-5-6-14-22(21)30(35-28)40-32-24-16-8-7-15-23(24)31(36-32)39-29-20-12-4-3-11-19(20)27(34-29)37-25/h1-18,25,36H,(H,34,37,39)(H,33,35,38,40). The Balaban J connectivity index is 1.45. The average Bonchev–Trinajstić information content (AvgIpc) is 3.73. The van der Waals surface area contributed by atoms with Crippen LogP contribution in [0, 0.1) is 11.8 Å². The Hall–Kier alpha value is -5.37. The van der Waals surface area contributed by atoms with Crippen LogP contribution in [0.5, 0.6) is 0 Å². The van der Waals surface area contributed by atoms with Crippen LogP contribution in [0.3, 0.4) is 0 Å². The van der Waals surface area contributed by atoms with E-state index in [0.717, 1.165) is 71.7 Å². The summed E-state index contributed by atoms with van der Waals surface area (Å²) in [5, 5.41) is 6.01. The van der Waals surface area contributed by atoms with E-state index in [-0.39, 0.29) is 18.0 Å². The molecule has 190 valence electrons. The minimum Gasteiger partial charge on any atom is -0.324 e. The third kappa shape index (κ3) is 3.10. The van der Waals surface area contributed by atoms with Gasteiger partial charge >= 0.3 is 0 Å².